The summed E-state index contributed by atoms with van der Waals surface area (Å²) in [5, 5.41) is 7.76. The van der Waals surface area contributed by atoms with E-state index in [0.29, 0.717) is 47.3 Å². The molecule has 4 saturated carbocycles. The molecule has 0 aliphatic heterocycles. The Balaban J connectivity index is 0.000000172. The van der Waals surface area contributed by atoms with Crippen molar-refractivity contribution in [2.75, 3.05) is 6.61 Å². The van der Waals surface area contributed by atoms with Crippen LogP contribution in [0, 0.1) is 29.6 Å². The fraction of sp³-hybridized carbons (Fsp3) is 0.400. The third-order valence-corrected chi connectivity index (χ3v) is 12.4. The van der Waals surface area contributed by atoms with Gasteiger partial charge in [-0.1, -0.05) is 133 Å². The number of aliphatic hydroxyl groups excluding tert-OH is 1. The summed E-state index contributed by atoms with van der Waals surface area (Å²) in [4.78, 5) is 29.3. The van der Waals surface area contributed by atoms with Gasteiger partial charge in [-0.15, -0.1) is 13.2 Å². The van der Waals surface area contributed by atoms with Crippen molar-refractivity contribution in [3.63, 3.8) is 0 Å². The minimum atomic E-state index is 0.0833. The van der Waals surface area contributed by atoms with Gasteiger partial charge in [0.25, 0.3) is 0 Å². The summed E-state index contributed by atoms with van der Waals surface area (Å²) in [7, 11) is 0. The average Bonchev–Trinajstić information content (AvgIpc) is 3.97. The van der Waals surface area contributed by atoms with Gasteiger partial charge in [0.15, 0.2) is 0 Å². The number of hydrogen-bond acceptors (Lipinski definition) is 5. The molecule has 4 aromatic rings. The molecule has 4 fully saturated rings. The van der Waals surface area contributed by atoms with Crippen LogP contribution in [0.3, 0.4) is 0 Å². The minimum Gasteiger partial charge on any atom is -0.392 e. The van der Waals surface area contributed by atoms with Crippen LogP contribution in [0.15, 0.2) is 147 Å². The fourth-order valence-electron chi connectivity index (χ4n) is 9.83. The molecule has 0 amide bonds. The molecule has 3 unspecified atom stereocenters. The van der Waals surface area contributed by atoms with Gasteiger partial charge in [-0.3, -0.25) is 19.4 Å². The van der Waals surface area contributed by atoms with E-state index >= 15 is 0 Å². The fourth-order valence-corrected chi connectivity index (χ4v) is 9.83. The first kappa shape index (κ1) is 40.2. The van der Waals surface area contributed by atoms with Crippen molar-refractivity contribution >= 4 is 11.6 Å². The summed E-state index contributed by atoms with van der Waals surface area (Å²) in [6, 6.07) is 44.2. The van der Waals surface area contributed by atoms with Gasteiger partial charge < -0.3 is 5.11 Å². The quantitative estimate of drug-likeness (QED) is 0.139. The van der Waals surface area contributed by atoms with Crippen molar-refractivity contribution < 1.29 is 14.7 Å². The molecule has 0 aromatic heterocycles. The molecule has 0 bridgehead atoms. The van der Waals surface area contributed by atoms with Crippen molar-refractivity contribution in [1.29, 1.82) is 0 Å². The number of rotatable bonds is 13. The molecule has 0 spiro atoms. The minimum absolute atomic E-state index is 0.0833. The van der Waals surface area contributed by atoms with Crippen LogP contribution >= 0.6 is 0 Å². The normalized spacial score (nSPS) is 25.1. The van der Waals surface area contributed by atoms with Crippen LogP contribution in [0.25, 0.3) is 0 Å². The number of hydrogen-bond donors (Lipinski definition) is 1. The van der Waals surface area contributed by atoms with Crippen molar-refractivity contribution in [1.82, 2.24) is 9.80 Å². The Labute approximate surface area is 329 Å². The van der Waals surface area contributed by atoms with Gasteiger partial charge in [0.05, 0.1) is 6.61 Å². The van der Waals surface area contributed by atoms with Crippen LogP contribution in [0.4, 0.5) is 0 Å². The first-order chi connectivity index (χ1) is 26.9. The number of benzene rings is 4. The summed E-state index contributed by atoms with van der Waals surface area (Å²) in [5.41, 5.74) is 5.48. The molecular formula is C50H60N2O3. The standard InChI is InChI=1S/C25H29NO.C22H25NO.C3H6O/c1-2-9-23-24-16-22(14-21(24)15-25(23)27)26(17-19-10-5-3-6-11-19)18-20-12-7-4-8-13-20;24-22-13-19-11-21(12-20(19)14-22)23(15-17-7-3-1-4-8-17)16-18-9-5-2-6-10-18;1-2-3-4/h2-8,10-13,21-24H,1,9,14-18H2;1-10,19-21H,11-16H2;2,4H,1,3H2/t21-,22?,23?,24-;19-,20+,21?;/m1../s1. The average molecular weight is 737 g/mol. The third-order valence-electron chi connectivity index (χ3n) is 12.4. The monoisotopic (exact) mass is 736 g/mol. The van der Waals surface area contributed by atoms with Crippen molar-refractivity contribution in [2.24, 2.45) is 29.6 Å². The number of carbonyl (C=O) groups excluding carboxylic acids is 2. The number of carbonyl (C=O) groups is 2. The lowest BCUT2D eigenvalue weighted by Crippen LogP contribution is -2.33. The highest BCUT2D eigenvalue weighted by Crippen LogP contribution is 2.49. The maximum absolute atomic E-state index is 12.4. The molecule has 8 rings (SSSR count). The van der Waals surface area contributed by atoms with Crippen molar-refractivity contribution in [3.05, 3.63) is 169 Å². The Bertz CT molecular complexity index is 1680. The number of ketones is 2. The van der Waals surface area contributed by atoms with Crippen LogP contribution in [-0.2, 0) is 35.8 Å². The van der Waals surface area contributed by atoms with E-state index in [1.54, 1.807) is 0 Å². The zero-order valence-electron chi connectivity index (χ0n) is 32.5. The summed E-state index contributed by atoms with van der Waals surface area (Å²) >= 11 is 0. The first-order valence-corrected chi connectivity index (χ1v) is 20.4. The van der Waals surface area contributed by atoms with Crippen molar-refractivity contribution in [3.8, 4) is 0 Å². The maximum Gasteiger partial charge on any atom is 0.136 e. The van der Waals surface area contributed by atoms with Gasteiger partial charge in [0, 0.05) is 63.4 Å². The molecule has 0 heterocycles. The molecule has 55 heavy (non-hydrogen) atoms. The van der Waals surface area contributed by atoms with Crippen LogP contribution in [-0.4, -0.2) is 45.2 Å². The van der Waals surface area contributed by atoms with E-state index < -0.39 is 0 Å². The highest BCUT2D eigenvalue weighted by molar-refractivity contribution is 5.84. The van der Waals surface area contributed by atoms with Crippen LogP contribution in [0.1, 0.15) is 73.6 Å². The topological polar surface area (TPSA) is 60.9 Å². The van der Waals surface area contributed by atoms with E-state index in [0.717, 1.165) is 64.7 Å². The lowest BCUT2D eigenvalue weighted by atomic mass is 9.89. The molecule has 4 aliphatic carbocycles. The van der Waals surface area contributed by atoms with Gasteiger partial charge in [0.1, 0.15) is 11.6 Å². The SMILES string of the molecule is C=CCC1C(=O)C[C@H]2CC(N(Cc3ccccc3)Cc3ccccc3)C[C@@H]12.C=CCO.O=C1C[C@@H]2CC(N(Cc3ccccc3)Cc3ccccc3)C[C@@H]2C1. The molecule has 4 aliphatic rings. The lowest BCUT2D eigenvalue weighted by Gasteiger charge is -2.30. The van der Waals surface area contributed by atoms with Crippen LogP contribution < -0.4 is 0 Å². The molecule has 0 radical (unpaired) electrons. The van der Waals surface area contributed by atoms with E-state index in [-0.39, 0.29) is 12.5 Å². The van der Waals surface area contributed by atoms with E-state index in [9.17, 15) is 9.59 Å². The molecular weight excluding hydrogens is 677 g/mol. The number of nitrogens with zero attached hydrogens (tertiary/aromatic N) is 2. The van der Waals surface area contributed by atoms with Gasteiger partial charge >= 0.3 is 0 Å². The molecule has 5 heteroatoms. The summed E-state index contributed by atoms with van der Waals surface area (Å²) in [5.74, 6) is 3.57. The molecule has 7 atom stereocenters. The zero-order chi connectivity index (χ0) is 38.4. The maximum atomic E-state index is 12.4. The van der Waals surface area contributed by atoms with E-state index in [2.05, 4.69) is 144 Å². The molecule has 5 nitrogen and oxygen atoms in total. The van der Waals surface area contributed by atoms with Gasteiger partial charge in [-0.2, -0.15) is 0 Å². The van der Waals surface area contributed by atoms with E-state index in [4.69, 9.17) is 5.11 Å². The summed E-state index contributed by atoms with van der Waals surface area (Å²) in [6.45, 7) is 11.1. The van der Waals surface area contributed by atoms with E-state index in [1.807, 2.05) is 6.08 Å². The predicted molar refractivity (Wildman–Crippen MR) is 224 cm³/mol. The first-order valence-electron chi connectivity index (χ1n) is 20.4. The number of allylic oxidation sites excluding steroid dienone is 1. The second kappa shape index (κ2) is 20.5. The Morgan fingerprint density at radius 2 is 0.891 bits per heavy atom. The number of aliphatic hydroxyl groups is 1. The number of fused-ring (bicyclic) bond motifs is 2. The molecule has 1 N–H and O–H groups in total. The highest BCUT2D eigenvalue weighted by Gasteiger charge is 2.48. The summed E-state index contributed by atoms with van der Waals surface area (Å²) in [6.07, 6.45) is 11.3. The van der Waals surface area contributed by atoms with Gasteiger partial charge in [-0.05, 0) is 78.0 Å². The smallest absolute Gasteiger partial charge is 0.136 e. The Kier molecular flexibility index (Phi) is 15.0. The molecule has 288 valence electrons. The second-order valence-electron chi connectivity index (χ2n) is 16.2. The predicted octanol–water partition coefficient (Wildman–Crippen LogP) is 9.86. The second-order valence-corrected chi connectivity index (χ2v) is 16.2. The van der Waals surface area contributed by atoms with Crippen molar-refractivity contribution in [2.45, 2.75) is 89.6 Å². The Hall–Kier alpha value is -4.42. The Morgan fingerprint density at radius 3 is 1.25 bits per heavy atom. The lowest BCUT2D eigenvalue weighted by molar-refractivity contribution is -0.121. The largest absolute Gasteiger partial charge is 0.392 e. The number of Topliss-reactive ketones (excluding diaryl/α,β-unsaturated/α-hetero) is 2. The molecule has 0 saturated heterocycles. The van der Waals surface area contributed by atoms with Gasteiger partial charge in [-0.25, -0.2) is 0 Å². The third kappa shape index (κ3) is 11.3. The Morgan fingerprint density at radius 1 is 0.527 bits per heavy atom. The van der Waals surface area contributed by atoms with E-state index in [1.165, 1.54) is 41.2 Å². The molecule has 4 aromatic carbocycles. The van der Waals surface area contributed by atoms with Crippen LogP contribution in [0.2, 0.25) is 0 Å². The van der Waals surface area contributed by atoms with Crippen LogP contribution in [0.5, 0.6) is 0 Å². The summed E-state index contributed by atoms with van der Waals surface area (Å²) < 4.78 is 0. The zero-order valence-corrected chi connectivity index (χ0v) is 32.5. The van der Waals surface area contributed by atoms with Gasteiger partial charge in [0.2, 0.25) is 0 Å². The highest BCUT2D eigenvalue weighted by atomic mass is 16.2.